The van der Waals surface area contributed by atoms with Crippen molar-refractivity contribution in [3.63, 3.8) is 0 Å². The van der Waals surface area contributed by atoms with Crippen LogP contribution in [0.4, 0.5) is 30.7 Å². The molecular formula is C19H17F7N4O3S. The monoisotopic (exact) mass is 514 g/mol. The average Bonchev–Trinajstić information content (AvgIpc) is 3.39. The maximum absolute atomic E-state index is 13.8. The number of rotatable bonds is 9. The summed E-state index contributed by atoms with van der Waals surface area (Å²) in [5.41, 5.74) is 1.06. The summed E-state index contributed by atoms with van der Waals surface area (Å²) in [6.07, 6.45) is -9.94. The molecule has 7 nitrogen and oxygen atoms in total. The predicted molar refractivity (Wildman–Crippen MR) is 103 cm³/mol. The Morgan fingerprint density at radius 3 is 2.41 bits per heavy atom. The van der Waals surface area contributed by atoms with Crippen LogP contribution >= 0.6 is 0 Å². The number of aromatic nitrogens is 4. The Morgan fingerprint density at radius 1 is 1.15 bits per heavy atom. The van der Waals surface area contributed by atoms with Gasteiger partial charge < -0.3 is 4.74 Å². The van der Waals surface area contributed by atoms with Crippen molar-refractivity contribution in [3.05, 3.63) is 36.3 Å². The predicted octanol–water partition coefficient (Wildman–Crippen LogP) is 4.40. The van der Waals surface area contributed by atoms with Gasteiger partial charge in [0.25, 0.3) is 6.43 Å². The standard InChI is InChI=1S/C19H17F7N4O3S/c1-2-34(31,32)17-16(28-13-6-5-11(8-29(13)17)10-3-4-10)30-9-12(7-27-30)33-19(25,26)18(23,24)14(20)15(21)22/h5-10,14-15H,2-4H2,1H3. The van der Waals surface area contributed by atoms with Gasteiger partial charge in [-0.1, -0.05) is 13.0 Å². The molecule has 3 heterocycles. The number of alkyl halides is 7. The molecular weight excluding hydrogens is 497 g/mol. The molecule has 0 bridgehead atoms. The number of fused-ring (bicyclic) bond motifs is 1. The first-order valence-electron chi connectivity index (χ1n) is 9.95. The van der Waals surface area contributed by atoms with E-state index in [2.05, 4.69) is 14.8 Å². The minimum atomic E-state index is -5.86. The summed E-state index contributed by atoms with van der Waals surface area (Å²) in [4.78, 5) is 4.16. The minimum Gasteiger partial charge on any atom is -0.425 e. The Labute approximate surface area is 188 Å². The lowest BCUT2D eigenvalue weighted by molar-refractivity contribution is -0.336. The molecule has 1 aliphatic rings. The van der Waals surface area contributed by atoms with Crippen LogP contribution in [0.25, 0.3) is 11.5 Å². The number of sulfone groups is 1. The molecule has 0 amide bonds. The Balaban J connectivity index is 1.74. The molecule has 1 saturated carbocycles. The summed E-state index contributed by atoms with van der Waals surface area (Å²) in [5.74, 6) is -7.31. The highest BCUT2D eigenvalue weighted by molar-refractivity contribution is 7.91. The minimum absolute atomic E-state index is 0.193. The fraction of sp³-hybridized carbons (Fsp3) is 0.474. The molecule has 0 radical (unpaired) electrons. The Bertz CT molecular complexity index is 1320. The number of hydrogen-bond acceptors (Lipinski definition) is 5. The SMILES string of the molecule is CCS(=O)(=O)c1c(-n2cc(OC(F)(F)C(F)(F)C(F)C(F)F)cn2)nc2ccc(C3CC3)cn12. The molecule has 0 aromatic carbocycles. The third-order valence-corrected chi connectivity index (χ3v) is 7.01. The molecule has 34 heavy (non-hydrogen) atoms. The highest BCUT2D eigenvalue weighted by Crippen LogP contribution is 2.42. The van der Waals surface area contributed by atoms with Gasteiger partial charge in [-0.15, -0.1) is 0 Å². The second-order valence-corrected chi connectivity index (χ2v) is 9.90. The molecule has 186 valence electrons. The van der Waals surface area contributed by atoms with Gasteiger partial charge in [-0.2, -0.15) is 22.7 Å². The number of pyridine rings is 1. The van der Waals surface area contributed by atoms with Gasteiger partial charge in [0.1, 0.15) is 5.65 Å². The largest absolute Gasteiger partial charge is 0.467 e. The first-order chi connectivity index (χ1) is 15.8. The van der Waals surface area contributed by atoms with Crippen LogP contribution in [-0.4, -0.2) is 58.0 Å². The first-order valence-corrected chi connectivity index (χ1v) is 11.6. The lowest BCUT2D eigenvalue weighted by atomic mass is 10.2. The normalized spacial score (nSPS) is 16.4. The van der Waals surface area contributed by atoms with Crippen molar-refractivity contribution >= 4 is 15.5 Å². The van der Waals surface area contributed by atoms with Gasteiger partial charge in [-0.3, -0.25) is 4.40 Å². The van der Waals surface area contributed by atoms with Crippen molar-refractivity contribution in [2.45, 2.75) is 55.3 Å². The summed E-state index contributed by atoms with van der Waals surface area (Å²) in [6.45, 7) is 1.37. The molecule has 0 spiro atoms. The van der Waals surface area contributed by atoms with Crippen LogP contribution in [0.2, 0.25) is 0 Å². The summed E-state index contributed by atoms with van der Waals surface area (Å²) < 4.78 is 124. The van der Waals surface area contributed by atoms with Crippen LogP contribution in [0.15, 0.2) is 35.7 Å². The van der Waals surface area contributed by atoms with Gasteiger partial charge >= 0.3 is 12.0 Å². The van der Waals surface area contributed by atoms with Gasteiger partial charge in [-0.25, -0.2) is 31.3 Å². The topological polar surface area (TPSA) is 78.5 Å². The maximum Gasteiger partial charge on any atom is 0.467 e. The fourth-order valence-corrected chi connectivity index (χ4v) is 4.41. The average molecular weight is 514 g/mol. The van der Waals surface area contributed by atoms with E-state index in [1.165, 1.54) is 11.3 Å². The maximum atomic E-state index is 13.8. The van der Waals surface area contributed by atoms with Crippen LogP contribution < -0.4 is 4.74 Å². The molecule has 1 unspecified atom stereocenters. The smallest absolute Gasteiger partial charge is 0.425 e. The molecule has 1 atom stereocenters. The van der Waals surface area contributed by atoms with Gasteiger partial charge in [0.15, 0.2) is 26.4 Å². The Kier molecular flexibility index (Phi) is 5.81. The van der Waals surface area contributed by atoms with Crippen LogP contribution in [0, 0.1) is 0 Å². The van der Waals surface area contributed by atoms with E-state index in [9.17, 15) is 39.2 Å². The highest BCUT2D eigenvalue weighted by atomic mass is 32.2. The third-order valence-electron chi connectivity index (χ3n) is 5.28. The molecule has 3 aromatic rings. The van der Waals surface area contributed by atoms with Crippen molar-refractivity contribution < 1.29 is 43.9 Å². The van der Waals surface area contributed by atoms with Crippen molar-refractivity contribution in [1.29, 1.82) is 0 Å². The number of hydrogen-bond donors (Lipinski definition) is 0. The number of imidazole rings is 1. The fourth-order valence-electron chi connectivity index (χ4n) is 3.27. The number of nitrogens with zero attached hydrogens (tertiary/aromatic N) is 4. The molecule has 4 rings (SSSR count). The molecule has 0 saturated heterocycles. The van der Waals surface area contributed by atoms with Gasteiger partial charge in [0.2, 0.25) is 6.17 Å². The second kappa shape index (κ2) is 8.13. The van der Waals surface area contributed by atoms with Crippen LogP contribution in [0.3, 0.4) is 0 Å². The highest BCUT2D eigenvalue weighted by Gasteiger charge is 2.67. The molecule has 3 aromatic heterocycles. The summed E-state index contributed by atoms with van der Waals surface area (Å²) in [6, 6.07) is 3.33. The molecule has 1 fully saturated rings. The third kappa shape index (κ3) is 4.09. The molecule has 1 aliphatic carbocycles. The summed E-state index contributed by atoms with van der Waals surface area (Å²) >= 11 is 0. The zero-order valence-electron chi connectivity index (χ0n) is 17.3. The Morgan fingerprint density at radius 2 is 1.82 bits per heavy atom. The van der Waals surface area contributed by atoms with Crippen molar-refractivity contribution in [3.8, 4) is 11.6 Å². The van der Waals surface area contributed by atoms with Gasteiger partial charge in [0.05, 0.1) is 18.1 Å². The molecule has 0 aliphatic heterocycles. The van der Waals surface area contributed by atoms with Crippen molar-refractivity contribution in [2.75, 3.05) is 5.75 Å². The first kappa shape index (κ1) is 24.3. The van der Waals surface area contributed by atoms with E-state index < -0.39 is 40.2 Å². The lowest BCUT2D eigenvalue weighted by Gasteiger charge is -2.27. The van der Waals surface area contributed by atoms with E-state index in [4.69, 9.17) is 0 Å². The van der Waals surface area contributed by atoms with Crippen molar-refractivity contribution in [1.82, 2.24) is 19.2 Å². The molecule has 0 N–H and O–H groups in total. The zero-order valence-corrected chi connectivity index (χ0v) is 18.1. The lowest BCUT2D eigenvalue weighted by Crippen LogP contribution is -2.53. The Hall–Kier alpha value is -2.84. The van der Waals surface area contributed by atoms with Crippen LogP contribution in [-0.2, 0) is 9.84 Å². The van der Waals surface area contributed by atoms with Gasteiger partial charge in [0, 0.05) is 6.20 Å². The zero-order chi connectivity index (χ0) is 25.1. The summed E-state index contributed by atoms with van der Waals surface area (Å²) in [7, 11) is -3.95. The van der Waals surface area contributed by atoms with E-state index in [0.717, 1.165) is 18.4 Å². The van der Waals surface area contributed by atoms with E-state index in [1.54, 1.807) is 18.3 Å². The molecule has 15 heteroatoms. The van der Waals surface area contributed by atoms with Gasteiger partial charge in [-0.05, 0) is 30.4 Å². The summed E-state index contributed by atoms with van der Waals surface area (Å²) in [5, 5.41) is 3.32. The number of halogens is 7. The van der Waals surface area contributed by atoms with E-state index in [-0.39, 0.29) is 28.2 Å². The van der Waals surface area contributed by atoms with Crippen molar-refractivity contribution in [2.24, 2.45) is 0 Å². The number of ether oxygens (including phenoxy) is 1. The van der Waals surface area contributed by atoms with E-state index >= 15 is 0 Å². The quantitative estimate of drug-likeness (QED) is 0.396. The van der Waals surface area contributed by atoms with E-state index in [0.29, 0.717) is 17.1 Å². The van der Waals surface area contributed by atoms with Crippen LogP contribution in [0.5, 0.6) is 5.75 Å². The second-order valence-electron chi connectivity index (χ2n) is 7.71. The van der Waals surface area contributed by atoms with E-state index in [1.807, 2.05) is 0 Å². The van der Waals surface area contributed by atoms with Crippen LogP contribution in [0.1, 0.15) is 31.2 Å².